The van der Waals surface area contributed by atoms with Gasteiger partial charge in [-0.1, -0.05) is 62.7 Å². The van der Waals surface area contributed by atoms with Gasteiger partial charge in [-0.3, -0.25) is 33.4 Å². The molecular weight excluding hydrogens is 963 g/mol. The Morgan fingerprint density at radius 1 is 0.784 bits per heavy atom. The van der Waals surface area contributed by atoms with Crippen LogP contribution in [-0.4, -0.2) is 155 Å². The summed E-state index contributed by atoms with van der Waals surface area (Å²) in [5.74, 6) is -2.57. The van der Waals surface area contributed by atoms with Crippen molar-refractivity contribution >= 4 is 70.4 Å². The number of aromatic nitrogens is 4. The Hall–Kier alpha value is -8.35. The van der Waals surface area contributed by atoms with E-state index in [1.165, 1.54) is 43.2 Å². The first-order valence-electron chi connectivity index (χ1n) is 24.0. The smallest absolute Gasteiger partial charge is 0.417 e. The Morgan fingerprint density at radius 3 is 2.14 bits per heavy atom. The van der Waals surface area contributed by atoms with Gasteiger partial charge in [0, 0.05) is 71.6 Å². The zero-order chi connectivity index (χ0) is 53.7. The number of urea groups is 1. The topological polar surface area (TPSA) is 327 Å². The molecule has 0 unspecified atom stereocenters. The van der Waals surface area contributed by atoms with Crippen molar-refractivity contribution in [3.63, 3.8) is 0 Å². The van der Waals surface area contributed by atoms with Crippen molar-refractivity contribution in [3.05, 3.63) is 77.9 Å². The number of rotatable bonds is 28. The van der Waals surface area contributed by atoms with E-state index < -0.39 is 42.1 Å². The molecule has 1 aliphatic heterocycles. The molecule has 4 aromatic rings. The molecule has 0 bridgehead atoms. The molecule has 25 nitrogen and oxygen atoms in total. The van der Waals surface area contributed by atoms with Gasteiger partial charge in [0.25, 0.3) is 11.8 Å². The maximum absolute atomic E-state index is 13.6. The lowest BCUT2D eigenvalue weighted by Crippen LogP contribution is -2.54. The Bertz CT molecular complexity index is 2610. The van der Waals surface area contributed by atoms with Gasteiger partial charge in [-0.05, 0) is 54.9 Å². The molecule has 0 saturated heterocycles. The Balaban J connectivity index is 1.10. The third-order valence-electron chi connectivity index (χ3n) is 11.5. The summed E-state index contributed by atoms with van der Waals surface area (Å²) < 4.78 is 23.5. The molecule has 3 heterocycles. The molecule has 8 N–H and O–H groups in total. The van der Waals surface area contributed by atoms with Crippen molar-refractivity contribution in [1.82, 2.24) is 50.2 Å². The predicted molar refractivity (Wildman–Crippen MR) is 269 cm³/mol. The highest BCUT2D eigenvalue weighted by atomic mass is 16.6. The van der Waals surface area contributed by atoms with Crippen LogP contribution in [0.5, 0.6) is 12.0 Å². The highest BCUT2D eigenvalue weighted by Crippen LogP contribution is 2.27. The average molecular weight is 1030 g/mol. The van der Waals surface area contributed by atoms with E-state index in [0.717, 1.165) is 10.5 Å². The highest BCUT2D eigenvalue weighted by molar-refractivity contribution is 6.12. The van der Waals surface area contributed by atoms with Crippen LogP contribution in [0.3, 0.4) is 0 Å². The number of likely N-dealkylation sites (N-methyl/N-ethyl adjacent to an activating group) is 2. The molecule has 25 heteroatoms. The number of unbranched alkanes of at least 4 members (excludes halogenated alkanes) is 2. The van der Waals surface area contributed by atoms with Crippen LogP contribution in [0.2, 0.25) is 0 Å². The lowest BCUT2D eigenvalue weighted by atomic mass is 10.0. The van der Waals surface area contributed by atoms with Crippen LogP contribution in [0, 0.1) is 5.92 Å². The first-order valence-corrected chi connectivity index (χ1v) is 24.0. The summed E-state index contributed by atoms with van der Waals surface area (Å²) in [4.78, 5) is 118. The molecule has 1 aliphatic rings. The number of hydrogen-bond acceptors (Lipinski definition) is 16. The van der Waals surface area contributed by atoms with E-state index >= 15 is 0 Å². The number of anilines is 2. The molecule has 0 fully saturated rings. The fraction of sp³-hybridized carbons (Fsp3) is 0.449. The molecule has 74 heavy (non-hydrogen) atoms. The Labute approximate surface area is 427 Å². The lowest BCUT2D eigenvalue weighted by molar-refractivity contribution is -0.137. The predicted octanol–water partition coefficient (Wildman–Crippen LogP) is 2.68. The molecule has 5 rings (SSSR count). The summed E-state index contributed by atoms with van der Waals surface area (Å²) in [6, 6.07) is 13.0. The first kappa shape index (κ1) is 56.6. The number of fused-ring (bicyclic) bond motifs is 1. The fourth-order valence-corrected chi connectivity index (χ4v) is 7.27. The summed E-state index contributed by atoms with van der Waals surface area (Å²) in [6.45, 7) is 4.61. The van der Waals surface area contributed by atoms with Crippen LogP contribution in [0.25, 0.3) is 11.2 Å². The number of ether oxygens (including phenoxy) is 4. The number of amides is 9. The third kappa shape index (κ3) is 17.2. The number of carbonyl (C=O) groups excluding carboxylic acids is 8. The van der Waals surface area contributed by atoms with Gasteiger partial charge < -0.3 is 61.5 Å². The van der Waals surface area contributed by atoms with Gasteiger partial charge in [0.05, 0.1) is 13.2 Å². The van der Waals surface area contributed by atoms with Gasteiger partial charge >= 0.3 is 30.2 Å². The van der Waals surface area contributed by atoms with E-state index in [0.29, 0.717) is 37.1 Å². The van der Waals surface area contributed by atoms with Gasteiger partial charge in [-0.15, -0.1) is 0 Å². The second kappa shape index (κ2) is 28.0. The number of nitrogens with two attached hydrogens (primary N) is 2. The van der Waals surface area contributed by atoms with Gasteiger partial charge in [0.1, 0.15) is 25.3 Å². The first-order chi connectivity index (χ1) is 35.4. The lowest BCUT2D eigenvalue weighted by Gasteiger charge is -2.25. The summed E-state index contributed by atoms with van der Waals surface area (Å²) in [5.41, 5.74) is 13.8. The molecule has 0 spiro atoms. The van der Waals surface area contributed by atoms with Crippen molar-refractivity contribution in [2.75, 3.05) is 71.6 Å². The van der Waals surface area contributed by atoms with E-state index in [2.05, 4.69) is 36.2 Å². The standard InChI is InChI=1S/C49H65N13O12/c1-31(2)39(55-36(63)16-10-7-11-24-61-37(64)21-22-38(61)65)44(67)54-35(15-12-23-52-45(51)68)43(66)53-34-19-17-33(18-20-34)30-73-48(69)59(3)25-26-60(4)49(70)74-47-56-40-41(50)57-46(72-28-27-71-5)58-42(40)62(47)29-32-13-8-6-9-14-32/h6,8-9,13-14,17-22,31,35,39H,7,10-12,15-16,23-30H2,1-5H3,(H,53,66)(H,54,67)(H,55,63)(H2,50,57,58)(H3,51,52,68)/t35-,39-/m0/s1. The summed E-state index contributed by atoms with van der Waals surface area (Å²) in [7, 11) is 4.55. The van der Waals surface area contributed by atoms with Crippen LogP contribution in [0.1, 0.15) is 63.5 Å². The second-order valence-corrected chi connectivity index (χ2v) is 17.6. The van der Waals surface area contributed by atoms with Crippen LogP contribution in [-0.2, 0) is 46.6 Å². The molecule has 398 valence electrons. The van der Waals surface area contributed by atoms with Crippen molar-refractivity contribution in [2.45, 2.75) is 77.6 Å². The maximum Gasteiger partial charge on any atom is 0.417 e. The largest absolute Gasteiger partial charge is 0.461 e. The van der Waals surface area contributed by atoms with E-state index in [1.807, 2.05) is 30.3 Å². The molecule has 9 amide bonds. The van der Waals surface area contributed by atoms with Gasteiger partial charge in [0.2, 0.25) is 17.7 Å². The van der Waals surface area contributed by atoms with E-state index in [-0.39, 0.29) is 118 Å². The van der Waals surface area contributed by atoms with E-state index in [9.17, 15) is 38.4 Å². The number of benzene rings is 2. The zero-order valence-corrected chi connectivity index (χ0v) is 42.2. The van der Waals surface area contributed by atoms with Crippen LogP contribution in [0.4, 0.5) is 25.9 Å². The number of nitrogens with zero attached hydrogens (tertiary/aromatic N) is 7. The molecule has 2 atom stereocenters. The van der Waals surface area contributed by atoms with E-state index in [4.69, 9.17) is 30.4 Å². The number of carbonyl (C=O) groups is 8. The number of hydrogen-bond donors (Lipinski definition) is 6. The van der Waals surface area contributed by atoms with Gasteiger partial charge in [0.15, 0.2) is 17.0 Å². The summed E-state index contributed by atoms with van der Waals surface area (Å²) in [6.07, 6.45) is 3.05. The maximum atomic E-state index is 13.6. The number of methoxy groups -OCH3 is 1. The van der Waals surface area contributed by atoms with Gasteiger partial charge in [-0.25, -0.2) is 14.4 Å². The normalized spacial score (nSPS) is 12.8. The van der Waals surface area contributed by atoms with Crippen LogP contribution in [0.15, 0.2) is 66.7 Å². The molecular formula is C49H65N13O12. The van der Waals surface area contributed by atoms with Crippen molar-refractivity contribution < 1.29 is 57.3 Å². The van der Waals surface area contributed by atoms with Crippen molar-refractivity contribution in [2.24, 2.45) is 11.7 Å². The number of imide groups is 1. The average Bonchev–Trinajstić information content (AvgIpc) is 3.88. The molecule has 0 saturated carbocycles. The zero-order valence-electron chi connectivity index (χ0n) is 42.2. The minimum Gasteiger partial charge on any atom is -0.461 e. The van der Waals surface area contributed by atoms with E-state index in [1.54, 1.807) is 42.7 Å². The van der Waals surface area contributed by atoms with Crippen molar-refractivity contribution in [1.29, 1.82) is 0 Å². The third-order valence-corrected chi connectivity index (χ3v) is 11.5. The fourth-order valence-electron chi connectivity index (χ4n) is 7.27. The quantitative estimate of drug-likeness (QED) is 0.0352. The Morgan fingerprint density at radius 2 is 1.47 bits per heavy atom. The highest BCUT2D eigenvalue weighted by Gasteiger charge is 2.30. The van der Waals surface area contributed by atoms with Crippen LogP contribution < -0.4 is 42.2 Å². The van der Waals surface area contributed by atoms with Crippen LogP contribution >= 0.6 is 0 Å². The SMILES string of the molecule is COCCOc1nc(N)c2nc(OC(=O)N(C)CCN(C)C(=O)OCc3ccc(NC(=O)[C@H](CCCNC(N)=O)NC(=O)[C@@H](NC(=O)CCCCCN4C(=O)C=CC4=O)C(C)C)cc3)n(Cc3ccccc3)c2n1. The summed E-state index contributed by atoms with van der Waals surface area (Å²) >= 11 is 0. The van der Waals surface area contributed by atoms with Gasteiger partial charge in [-0.2, -0.15) is 15.0 Å². The molecule has 2 aromatic heterocycles. The minimum absolute atomic E-state index is 0.00196. The Kier molecular flexibility index (Phi) is 21.4. The molecule has 2 aromatic carbocycles. The molecule has 0 radical (unpaired) electrons. The number of imidazole rings is 1. The minimum atomic E-state index is -1.07. The molecule has 0 aliphatic carbocycles. The summed E-state index contributed by atoms with van der Waals surface area (Å²) in [5, 5.41) is 10.7. The monoisotopic (exact) mass is 1030 g/mol. The number of nitrogen functional groups attached to an aromatic ring is 1. The number of primary amides is 1. The number of nitrogens with one attached hydrogen (secondary N) is 4. The second-order valence-electron chi connectivity index (χ2n) is 17.6. The van der Waals surface area contributed by atoms with Crippen molar-refractivity contribution in [3.8, 4) is 12.0 Å².